The van der Waals surface area contributed by atoms with E-state index in [1.54, 1.807) is 0 Å². The summed E-state index contributed by atoms with van der Waals surface area (Å²) in [5, 5.41) is 11.9. The maximum atomic E-state index is 12.7. The number of esters is 2. The summed E-state index contributed by atoms with van der Waals surface area (Å²) in [7, 11) is 0. The van der Waals surface area contributed by atoms with Gasteiger partial charge in [-0.05, 0) is 75.5 Å². The van der Waals surface area contributed by atoms with Gasteiger partial charge in [0, 0.05) is 18.8 Å². The highest BCUT2D eigenvalue weighted by atomic mass is 16.5. The monoisotopic (exact) mass is 420 g/mol. The zero-order valence-electron chi connectivity index (χ0n) is 18.6. The summed E-state index contributed by atoms with van der Waals surface area (Å²) in [6.45, 7) is 6.63. The zero-order chi connectivity index (χ0) is 21.4. The van der Waals surface area contributed by atoms with Crippen molar-refractivity contribution >= 4 is 11.9 Å². The fraction of sp³-hybridized carbons (Fsp3) is 0.917. The quantitative estimate of drug-likeness (QED) is 0.705. The zero-order valence-corrected chi connectivity index (χ0v) is 18.6. The van der Waals surface area contributed by atoms with E-state index < -0.39 is 5.60 Å². The van der Waals surface area contributed by atoms with Crippen LogP contribution in [-0.2, 0) is 23.8 Å². The molecule has 0 amide bonds. The smallest absolute Gasteiger partial charge is 0.309 e. The first-order valence-corrected chi connectivity index (χ1v) is 11.9. The number of carbonyl (C=O) groups excluding carboxylic acids is 2. The van der Waals surface area contributed by atoms with Crippen molar-refractivity contribution in [3.05, 3.63) is 0 Å². The molecule has 8 atom stereocenters. The number of rotatable bonds is 3. The Morgan fingerprint density at radius 3 is 2.60 bits per heavy atom. The number of hydrogen-bond acceptors (Lipinski definition) is 6. The van der Waals surface area contributed by atoms with Gasteiger partial charge in [0.1, 0.15) is 6.10 Å². The number of ether oxygens (including phenoxy) is 3. The van der Waals surface area contributed by atoms with E-state index in [9.17, 15) is 14.7 Å². The van der Waals surface area contributed by atoms with Crippen molar-refractivity contribution in [3.63, 3.8) is 0 Å². The first kappa shape index (κ1) is 20.7. The lowest BCUT2D eigenvalue weighted by molar-refractivity contribution is -0.219. The van der Waals surface area contributed by atoms with Gasteiger partial charge in [0.25, 0.3) is 0 Å². The van der Waals surface area contributed by atoms with Gasteiger partial charge in [-0.25, -0.2) is 0 Å². The molecule has 30 heavy (non-hydrogen) atoms. The molecule has 1 aliphatic heterocycles. The molecule has 0 aromatic carbocycles. The highest BCUT2D eigenvalue weighted by Gasteiger charge is 2.76. The van der Waals surface area contributed by atoms with Crippen LogP contribution in [0.3, 0.4) is 0 Å². The Labute approximate surface area is 179 Å². The molecule has 4 aliphatic carbocycles. The molecule has 1 spiro atoms. The van der Waals surface area contributed by atoms with E-state index in [2.05, 4.69) is 6.92 Å². The van der Waals surface area contributed by atoms with Gasteiger partial charge in [0.05, 0.1) is 30.3 Å². The van der Waals surface area contributed by atoms with Crippen LogP contribution in [0.4, 0.5) is 0 Å². The van der Waals surface area contributed by atoms with Crippen molar-refractivity contribution < 1.29 is 28.9 Å². The molecule has 5 fully saturated rings. The SMILES string of the molecule is CCOC(=O)[C@@H]1CC[C@H]2[C@]1(C)CC[C@@H]1[C@]23CC[C@@]2(O)C[C@@H](OC(C)=O)CC[C@@]12CO3. The predicted octanol–water partition coefficient (Wildman–Crippen LogP) is 3.39. The van der Waals surface area contributed by atoms with Gasteiger partial charge >= 0.3 is 11.9 Å². The molecule has 1 heterocycles. The number of fused-ring (bicyclic) bond motifs is 1. The van der Waals surface area contributed by atoms with E-state index in [1.807, 2.05) is 6.92 Å². The Morgan fingerprint density at radius 1 is 1.07 bits per heavy atom. The van der Waals surface area contributed by atoms with Crippen molar-refractivity contribution in [1.29, 1.82) is 0 Å². The third-order valence-electron chi connectivity index (χ3n) is 9.99. The molecule has 5 aliphatic rings. The number of hydrogen-bond donors (Lipinski definition) is 1. The third kappa shape index (κ3) is 2.49. The molecule has 0 unspecified atom stereocenters. The Morgan fingerprint density at radius 2 is 1.87 bits per heavy atom. The second kappa shape index (κ2) is 6.68. The Balaban J connectivity index is 1.44. The van der Waals surface area contributed by atoms with Crippen molar-refractivity contribution in [2.45, 2.75) is 95.9 Å². The normalized spacial score (nSPS) is 51.5. The summed E-state index contributed by atoms with van der Waals surface area (Å²) < 4.78 is 17.7. The minimum absolute atomic E-state index is 0.0423. The summed E-state index contributed by atoms with van der Waals surface area (Å²) in [5.41, 5.74) is -1.39. The molecule has 6 nitrogen and oxygen atoms in total. The van der Waals surface area contributed by atoms with Gasteiger partial charge < -0.3 is 19.3 Å². The topological polar surface area (TPSA) is 82.1 Å². The molecular weight excluding hydrogens is 384 g/mol. The molecule has 4 saturated carbocycles. The van der Waals surface area contributed by atoms with Crippen LogP contribution >= 0.6 is 0 Å². The first-order chi connectivity index (χ1) is 14.2. The Kier molecular flexibility index (Phi) is 4.62. The van der Waals surface area contributed by atoms with Crippen molar-refractivity contribution in [2.24, 2.45) is 28.6 Å². The molecular formula is C24H36O6. The molecule has 168 valence electrons. The summed E-state index contributed by atoms with van der Waals surface area (Å²) in [4.78, 5) is 24.2. The van der Waals surface area contributed by atoms with Gasteiger partial charge in [-0.1, -0.05) is 6.92 Å². The first-order valence-electron chi connectivity index (χ1n) is 11.9. The van der Waals surface area contributed by atoms with Crippen LogP contribution in [0.25, 0.3) is 0 Å². The van der Waals surface area contributed by atoms with Gasteiger partial charge in [-0.3, -0.25) is 9.59 Å². The summed E-state index contributed by atoms with van der Waals surface area (Å²) >= 11 is 0. The molecule has 6 heteroatoms. The Bertz CT molecular complexity index is 752. The van der Waals surface area contributed by atoms with Crippen molar-refractivity contribution in [2.75, 3.05) is 13.2 Å². The van der Waals surface area contributed by atoms with Crippen LogP contribution in [-0.4, -0.2) is 47.6 Å². The van der Waals surface area contributed by atoms with E-state index in [0.29, 0.717) is 37.9 Å². The minimum atomic E-state index is -0.830. The molecule has 0 aromatic heterocycles. The van der Waals surface area contributed by atoms with E-state index in [4.69, 9.17) is 14.2 Å². The molecule has 1 N–H and O–H groups in total. The Hall–Kier alpha value is -1.14. The van der Waals surface area contributed by atoms with Crippen LogP contribution in [0, 0.1) is 28.6 Å². The molecule has 1 saturated heterocycles. The van der Waals surface area contributed by atoms with Gasteiger partial charge in [0.2, 0.25) is 0 Å². The molecule has 0 radical (unpaired) electrons. The fourth-order valence-corrected chi connectivity index (χ4v) is 8.82. The maximum absolute atomic E-state index is 12.7. The van der Waals surface area contributed by atoms with E-state index >= 15 is 0 Å². The number of aliphatic hydroxyl groups is 1. The van der Waals surface area contributed by atoms with Gasteiger partial charge in [-0.15, -0.1) is 0 Å². The van der Waals surface area contributed by atoms with E-state index in [1.165, 1.54) is 6.92 Å². The highest BCUT2D eigenvalue weighted by Crippen LogP contribution is 2.74. The highest BCUT2D eigenvalue weighted by molar-refractivity contribution is 5.74. The summed E-state index contributed by atoms with van der Waals surface area (Å²) in [6.07, 6.45) is 7.35. The van der Waals surface area contributed by atoms with Gasteiger partial charge in [-0.2, -0.15) is 0 Å². The van der Waals surface area contributed by atoms with E-state index in [0.717, 1.165) is 44.9 Å². The van der Waals surface area contributed by atoms with Crippen LogP contribution < -0.4 is 0 Å². The van der Waals surface area contributed by atoms with E-state index in [-0.39, 0.29) is 40.4 Å². The lowest BCUT2D eigenvalue weighted by atomic mass is 9.42. The van der Waals surface area contributed by atoms with Crippen molar-refractivity contribution in [3.8, 4) is 0 Å². The lowest BCUT2D eigenvalue weighted by Gasteiger charge is -2.63. The van der Waals surface area contributed by atoms with Crippen LogP contribution in [0.2, 0.25) is 0 Å². The molecule has 0 aromatic rings. The second-order valence-electron chi connectivity index (χ2n) is 10.9. The lowest BCUT2D eigenvalue weighted by Crippen LogP contribution is -2.66. The van der Waals surface area contributed by atoms with Crippen LogP contribution in [0.5, 0.6) is 0 Å². The van der Waals surface area contributed by atoms with Gasteiger partial charge in [0.15, 0.2) is 0 Å². The third-order valence-corrected chi connectivity index (χ3v) is 9.99. The fourth-order valence-electron chi connectivity index (χ4n) is 8.82. The average Bonchev–Trinajstić information content (AvgIpc) is 3.16. The van der Waals surface area contributed by atoms with Crippen LogP contribution in [0.15, 0.2) is 0 Å². The maximum Gasteiger partial charge on any atom is 0.309 e. The van der Waals surface area contributed by atoms with Crippen LogP contribution in [0.1, 0.15) is 78.6 Å². The standard InChI is InChI=1S/C24H36O6/c1-4-28-20(26)17-5-6-18-21(17,3)9-8-19-22-10-7-16(30-15(2)25)13-23(22,27)11-12-24(18,19)29-14-22/h16-19,27H,4-14H2,1-3H3/t16-,17-,18-,19-,21+,22+,23+,24-/m0/s1. The number of carbonyl (C=O) groups is 2. The molecule has 5 rings (SSSR count). The largest absolute Gasteiger partial charge is 0.466 e. The minimum Gasteiger partial charge on any atom is -0.466 e. The molecule has 2 bridgehead atoms. The predicted molar refractivity (Wildman–Crippen MR) is 108 cm³/mol. The summed E-state index contributed by atoms with van der Waals surface area (Å²) in [6, 6.07) is 0. The van der Waals surface area contributed by atoms with Crippen molar-refractivity contribution in [1.82, 2.24) is 0 Å². The summed E-state index contributed by atoms with van der Waals surface area (Å²) in [5.74, 6) is 0.309. The average molecular weight is 421 g/mol. The second-order valence-corrected chi connectivity index (χ2v) is 10.9.